The first-order valence-corrected chi connectivity index (χ1v) is 9.02. The van der Waals surface area contributed by atoms with Gasteiger partial charge in [0.15, 0.2) is 12.2 Å². The van der Waals surface area contributed by atoms with Crippen LogP contribution in [-0.4, -0.2) is 16.9 Å². The Morgan fingerprint density at radius 1 is 0.897 bits per heavy atom. The van der Waals surface area contributed by atoms with Crippen LogP contribution in [0.5, 0.6) is 0 Å². The summed E-state index contributed by atoms with van der Waals surface area (Å²) < 4.78 is 11.0. The second-order valence-corrected chi connectivity index (χ2v) is 6.81. The van der Waals surface area contributed by atoms with Crippen LogP contribution in [-0.2, 0) is 19.1 Å². The summed E-state index contributed by atoms with van der Waals surface area (Å²) in [6.45, 7) is 2.47. The molecule has 0 radical (unpaired) electrons. The monoisotopic (exact) mass is 391 g/mol. The average molecular weight is 391 g/mol. The number of benzene rings is 3. The second-order valence-electron chi connectivity index (χ2n) is 6.81. The molecule has 7 nitrogen and oxygen atoms in total. The molecule has 0 saturated carbocycles. The first kappa shape index (κ1) is 18.6. The Morgan fingerprint density at radius 3 is 2.21 bits per heavy atom. The van der Waals surface area contributed by atoms with Crippen molar-refractivity contribution in [3.63, 3.8) is 0 Å². The summed E-state index contributed by atoms with van der Waals surface area (Å²) in [5.41, 5.74) is 1.99. The highest BCUT2D eigenvalue weighted by molar-refractivity contribution is 5.99. The van der Waals surface area contributed by atoms with Gasteiger partial charge in [-0.2, -0.15) is 0 Å². The Balaban J connectivity index is 2.13. The highest BCUT2D eigenvalue weighted by atomic mass is 16.6. The summed E-state index contributed by atoms with van der Waals surface area (Å²) in [7, 11) is 0. The number of nitro benzene ring substituents is 1. The number of fused-ring (bicyclic) bond motifs is 4. The molecule has 0 bridgehead atoms. The number of nitro groups is 1. The van der Waals surface area contributed by atoms with Gasteiger partial charge in [-0.1, -0.05) is 42.5 Å². The summed E-state index contributed by atoms with van der Waals surface area (Å²) in [6.07, 6.45) is -2.12. The van der Waals surface area contributed by atoms with E-state index in [9.17, 15) is 19.7 Å². The van der Waals surface area contributed by atoms with Crippen molar-refractivity contribution in [2.24, 2.45) is 0 Å². The van der Waals surface area contributed by atoms with Gasteiger partial charge >= 0.3 is 11.9 Å². The molecule has 0 unspecified atom stereocenters. The minimum Gasteiger partial charge on any atom is -0.453 e. The maximum atomic E-state index is 12.1. The molecule has 1 aliphatic carbocycles. The van der Waals surface area contributed by atoms with Gasteiger partial charge in [0, 0.05) is 19.4 Å². The van der Waals surface area contributed by atoms with Gasteiger partial charge in [0.25, 0.3) is 5.69 Å². The molecular weight excluding hydrogens is 374 g/mol. The van der Waals surface area contributed by atoms with Gasteiger partial charge in [0.2, 0.25) is 0 Å². The maximum absolute atomic E-state index is 12.1. The van der Waals surface area contributed by atoms with Gasteiger partial charge in [-0.15, -0.1) is 0 Å². The molecule has 7 heteroatoms. The molecule has 0 amide bonds. The third-order valence-corrected chi connectivity index (χ3v) is 4.95. The summed E-state index contributed by atoms with van der Waals surface area (Å²) >= 11 is 0. The van der Waals surface area contributed by atoms with Gasteiger partial charge in [0.1, 0.15) is 0 Å². The number of ether oxygens (including phenoxy) is 2. The van der Waals surface area contributed by atoms with Gasteiger partial charge in [-0.25, -0.2) is 0 Å². The Hall–Kier alpha value is -3.74. The molecular formula is C22H17NO6. The molecule has 1 aliphatic rings. The van der Waals surface area contributed by atoms with E-state index in [0.717, 1.165) is 0 Å². The lowest BCUT2D eigenvalue weighted by Gasteiger charge is -2.34. The zero-order valence-corrected chi connectivity index (χ0v) is 15.7. The third-order valence-electron chi connectivity index (χ3n) is 4.95. The van der Waals surface area contributed by atoms with E-state index in [1.807, 2.05) is 12.1 Å². The van der Waals surface area contributed by atoms with Crippen molar-refractivity contribution in [1.29, 1.82) is 0 Å². The Kier molecular flexibility index (Phi) is 4.50. The molecule has 2 atom stereocenters. The van der Waals surface area contributed by atoms with Crippen molar-refractivity contribution in [2.75, 3.05) is 0 Å². The van der Waals surface area contributed by atoms with Crippen LogP contribution in [0.3, 0.4) is 0 Å². The van der Waals surface area contributed by atoms with Gasteiger partial charge in [0.05, 0.1) is 15.9 Å². The van der Waals surface area contributed by atoms with Crippen LogP contribution in [0.15, 0.2) is 54.6 Å². The van der Waals surface area contributed by atoms with Gasteiger partial charge < -0.3 is 9.47 Å². The van der Waals surface area contributed by atoms with E-state index in [1.165, 1.54) is 13.8 Å². The Bertz CT molecular complexity index is 1170. The van der Waals surface area contributed by atoms with Crippen molar-refractivity contribution < 1.29 is 24.0 Å². The smallest absolute Gasteiger partial charge is 0.303 e. The van der Waals surface area contributed by atoms with Gasteiger partial charge in [-0.05, 0) is 28.6 Å². The first-order chi connectivity index (χ1) is 13.9. The standard InChI is InChI=1S/C22H17NO6/c1-12(24)28-21-17-10-6-5-9-16(17)18-11-14-7-3-4-8-15(14)20(23(26)27)19(18)22(21)29-13(2)25/h3-11,21-22H,1-2H3/t21-,22+/m0/s1. The van der Waals surface area contributed by atoms with E-state index in [2.05, 4.69) is 0 Å². The summed E-state index contributed by atoms with van der Waals surface area (Å²) in [5, 5.41) is 13.2. The molecule has 0 spiro atoms. The average Bonchev–Trinajstić information content (AvgIpc) is 2.68. The van der Waals surface area contributed by atoms with E-state index < -0.39 is 29.1 Å². The van der Waals surface area contributed by atoms with Crippen molar-refractivity contribution in [3.8, 4) is 11.1 Å². The van der Waals surface area contributed by atoms with Gasteiger partial charge in [-0.3, -0.25) is 19.7 Å². The number of hydrogen-bond acceptors (Lipinski definition) is 6. The quantitative estimate of drug-likeness (QED) is 0.367. The van der Waals surface area contributed by atoms with E-state index in [0.29, 0.717) is 27.5 Å². The molecule has 0 heterocycles. The molecule has 146 valence electrons. The van der Waals surface area contributed by atoms with Crippen LogP contribution >= 0.6 is 0 Å². The van der Waals surface area contributed by atoms with E-state index in [4.69, 9.17) is 9.47 Å². The molecule has 3 aromatic carbocycles. The highest BCUT2D eigenvalue weighted by Crippen LogP contribution is 2.53. The minimum absolute atomic E-state index is 0.156. The molecule has 29 heavy (non-hydrogen) atoms. The fourth-order valence-electron chi connectivity index (χ4n) is 3.96. The van der Waals surface area contributed by atoms with Crippen molar-refractivity contribution >= 4 is 28.4 Å². The fraction of sp³-hybridized carbons (Fsp3) is 0.182. The fourth-order valence-corrected chi connectivity index (χ4v) is 3.96. The summed E-state index contributed by atoms with van der Waals surface area (Å²) in [6, 6.07) is 16.0. The maximum Gasteiger partial charge on any atom is 0.303 e. The summed E-state index contributed by atoms with van der Waals surface area (Å²) in [4.78, 5) is 35.3. The normalized spacial score (nSPS) is 17.2. The van der Waals surface area contributed by atoms with E-state index in [-0.39, 0.29) is 11.3 Å². The van der Waals surface area contributed by atoms with Crippen LogP contribution < -0.4 is 0 Å². The third kappa shape index (κ3) is 3.10. The zero-order valence-electron chi connectivity index (χ0n) is 15.7. The lowest BCUT2D eigenvalue weighted by molar-refractivity contribution is -0.384. The summed E-state index contributed by atoms with van der Waals surface area (Å²) in [5.74, 6) is -1.20. The van der Waals surface area contributed by atoms with E-state index >= 15 is 0 Å². The molecule has 0 saturated heterocycles. The minimum atomic E-state index is -1.13. The van der Waals surface area contributed by atoms with Crippen LogP contribution in [0.25, 0.3) is 21.9 Å². The number of hydrogen-bond donors (Lipinski definition) is 0. The lowest BCUT2D eigenvalue weighted by Crippen LogP contribution is -2.26. The SMILES string of the molecule is CC(=O)O[C@@H]1c2c(cc3ccccc3c2[N+](=O)[O-])-c2ccccc2[C@@H]1OC(C)=O. The molecule has 0 aliphatic heterocycles. The molecule has 3 aromatic rings. The van der Waals surface area contributed by atoms with Crippen molar-refractivity contribution in [3.05, 3.63) is 75.8 Å². The Morgan fingerprint density at radius 2 is 1.52 bits per heavy atom. The van der Waals surface area contributed by atoms with Crippen LogP contribution in [0, 0.1) is 10.1 Å². The lowest BCUT2D eigenvalue weighted by atomic mass is 9.79. The molecule has 0 aromatic heterocycles. The highest BCUT2D eigenvalue weighted by Gasteiger charge is 2.43. The largest absolute Gasteiger partial charge is 0.453 e. The number of esters is 2. The second kappa shape index (κ2) is 7.01. The first-order valence-electron chi connectivity index (χ1n) is 9.02. The molecule has 4 rings (SSSR count). The predicted octanol–water partition coefficient (Wildman–Crippen LogP) is 4.64. The number of nitrogens with zero attached hydrogens (tertiary/aromatic N) is 1. The zero-order chi connectivity index (χ0) is 20.7. The van der Waals surface area contributed by atoms with Crippen LogP contribution in [0.2, 0.25) is 0 Å². The number of carbonyl (C=O) groups excluding carboxylic acids is 2. The predicted molar refractivity (Wildman–Crippen MR) is 105 cm³/mol. The topological polar surface area (TPSA) is 95.7 Å². The van der Waals surface area contributed by atoms with Crippen LogP contribution in [0.1, 0.15) is 37.2 Å². The number of rotatable bonds is 3. The van der Waals surface area contributed by atoms with E-state index in [1.54, 1.807) is 42.5 Å². The van der Waals surface area contributed by atoms with Crippen molar-refractivity contribution in [1.82, 2.24) is 0 Å². The Labute approximate surface area is 166 Å². The number of carbonyl (C=O) groups is 2. The van der Waals surface area contributed by atoms with Crippen molar-refractivity contribution in [2.45, 2.75) is 26.1 Å². The molecule has 0 N–H and O–H groups in total. The molecule has 0 fully saturated rings. The van der Waals surface area contributed by atoms with Crippen LogP contribution in [0.4, 0.5) is 5.69 Å².